The minimum atomic E-state index is -0.965. The van der Waals surface area contributed by atoms with Crippen molar-refractivity contribution in [1.29, 1.82) is 0 Å². The van der Waals surface area contributed by atoms with E-state index in [1.165, 1.54) is 49.7 Å². The van der Waals surface area contributed by atoms with Crippen LogP contribution < -0.4 is 24.8 Å². The molecule has 5 aromatic carbocycles. The van der Waals surface area contributed by atoms with Gasteiger partial charge in [0.05, 0.1) is 0 Å². The fraction of sp³-hybridized carbons (Fsp3) is 0.238. The minimum Gasteiger partial charge on any atom is -1.00 e. The van der Waals surface area contributed by atoms with Crippen LogP contribution in [-0.2, 0) is 28.6 Å². The van der Waals surface area contributed by atoms with Crippen LogP contribution in [0.3, 0.4) is 0 Å². The maximum Gasteiger partial charge on any atom is -1.00 e. The zero-order valence-electron chi connectivity index (χ0n) is 27.0. The van der Waals surface area contributed by atoms with E-state index in [0.29, 0.717) is 13.2 Å². The zero-order chi connectivity index (χ0) is 29.9. The van der Waals surface area contributed by atoms with Crippen LogP contribution in [-0.4, -0.2) is 0 Å². The van der Waals surface area contributed by atoms with Crippen molar-refractivity contribution in [2.45, 2.75) is 54.2 Å². The number of halogens is 2. The predicted molar refractivity (Wildman–Crippen MR) is 182 cm³/mol. The van der Waals surface area contributed by atoms with Crippen LogP contribution in [0.1, 0.15) is 76.6 Å². The van der Waals surface area contributed by atoms with Crippen LogP contribution in [0, 0.1) is 5.92 Å². The molecule has 0 bridgehead atoms. The average Bonchev–Trinajstić information content (AvgIpc) is 3.54. The molecule has 2 unspecified atom stereocenters. The smallest absolute Gasteiger partial charge is 1.00 e. The van der Waals surface area contributed by atoms with Gasteiger partial charge in [0.15, 0.2) is 0 Å². The standard InChI is InChI=1S/C22H19.C20H21.2ClH.Zr/c1-15(2)18-13-17-9-6-12-21(22(17)14-18)20-11-5-8-16-7-3-4-10-19(16)20;1-14-12-16-6-5-7-18(19(16)13-14)15-8-10-17(11-9-15)20(2,3)4;;;/h3-15H,1-2H3;5-13H,1-4H3;2*1H;/q;;;;+2/p-2. The first-order valence-electron chi connectivity index (χ1n) is 15.7. The first-order chi connectivity index (χ1) is 20.7. The van der Waals surface area contributed by atoms with Gasteiger partial charge in [-0.2, -0.15) is 0 Å². The van der Waals surface area contributed by atoms with Gasteiger partial charge in [-0.25, -0.2) is 0 Å². The summed E-state index contributed by atoms with van der Waals surface area (Å²) in [7, 11) is 0. The monoisotopic (exact) mass is 704 g/mol. The molecule has 45 heavy (non-hydrogen) atoms. The van der Waals surface area contributed by atoms with Gasteiger partial charge >= 0.3 is 271 Å². The maximum atomic E-state index is 2.57. The Bertz CT molecular complexity index is 1920. The SMILES string of the molecule is CC1=Cc2c(-c3ccc(C(C)(C)C)cc3)cccc2[CH]1[Zr+2][CH]1C(C(C)C)=Cc2c(-c3cccc4ccccc34)cccc21.[Cl-].[Cl-]. The second kappa shape index (κ2) is 13.2. The van der Waals surface area contributed by atoms with Crippen LogP contribution in [0.2, 0.25) is 0 Å². The van der Waals surface area contributed by atoms with Gasteiger partial charge in [0.1, 0.15) is 0 Å². The molecular formula is C42H40Cl2Zr. The van der Waals surface area contributed by atoms with Crippen LogP contribution in [0.5, 0.6) is 0 Å². The van der Waals surface area contributed by atoms with E-state index >= 15 is 0 Å². The molecule has 2 atom stereocenters. The van der Waals surface area contributed by atoms with Crippen molar-refractivity contribution >= 4 is 22.9 Å². The number of allylic oxidation sites excluding steroid dienone is 2. The molecule has 0 heterocycles. The summed E-state index contributed by atoms with van der Waals surface area (Å²) < 4.78 is 1.18. The molecule has 0 radical (unpaired) electrons. The van der Waals surface area contributed by atoms with Crippen LogP contribution >= 0.6 is 0 Å². The van der Waals surface area contributed by atoms with Gasteiger partial charge in [-0.3, -0.25) is 0 Å². The third-order valence-electron chi connectivity index (χ3n) is 9.52. The van der Waals surface area contributed by atoms with Crippen molar-refractivity contribution in [2.75, 3.05) is 0 Å². The van der Waals surface area contributed by atoms with E-state index in [9.17, 15) is 0 Å². The molecule has 2 aliphatic rings. The number of hydrogen-bond acceptors (Lipinski definition) is 0. The molecule has 7 rings (SSSR count). The van der Waals surface area contributed by atoms with Gasteiger partial charge in [0.2, 0.25) is 0 Å². The van der Waals surface area contributed by atoms with Gasteiger partial charge < -0.3 is 24.8 Å². The molecule has 2 aliphatic carbocycles. The summed E-state index contributed by atoms with van der Waals surface area (Å²) in [5.74, 6) is 0.538. The molecular weight excluding hydrogens is 667 g/mol. The van der Waals surface area contributed by atoms with Crippen LogP contribution in [0.15, 0.2) is 114 Å². The molecule has 0 aliphatic heterocycles. The summed E-state index contributed by atoms with van der Waals surface area (Å²) in [6.45, 7) is 14.0. The van der Waals surface area contributed by atoms with Gasteiger partial charge in [0, 0.05) is 0 Å². The fourth-order valence-electron chi connectivity index (χ4n) is 7.15. The summed E-state index contributed by atoms with van der Waals surface area (Å²) in [5.41, 5.74) is 16.2. The number of hydrogen-bond donors (Lipinski definition) is 0. The number of rotatable bonds is 5. The predicted octanol–water partition coefficient (Wildman–Crippen LogP) is 5.81. The second-order valence-electron chi connectivity index (χ2n) is 13.7. The van der Waals surface area contributed by atoms with Crippen molar-refractivity contribution < 1.29 is 48.0 Å². The molecule has 0 saturated carbocycles. The van der Waals surface area contributed by atoms with Crippen molar-refractivity contribution in [2.24, 2.45) is 5.92 Å². The molecule has 0 amide bonds. The number of fused-ring (bicyclic) bond motifs is 3. The van der Waals surface area contributed by atoms with Crippen LogP contribution in [0.25, 0.3) is 45.2 Å². The molecule has 5 aromatic rings. The minimum absolute atomic E-state index is 0. The fourth-order valence-corrected chi connectivity index (χ4v) is 12.4. The van der Waals surface area contributed by atoms with Crippen molar-refractivity contribution in [3.05, 3.63) is 142 Å². The van der Waals surface area contributed by atoms with E-state index in [1.54, 1.807) is 22.3 Å². The quantitative estimate of drug-likeness (QED) is 0.217. The van der Waals surface area contributed by atoms with E-state index in [2.05, 4.69) is 157 Å². The van der Waals surface area contributed by atoms with E-state index in [4.69, 9.17) is 0 Å². The Kier molecular flexibility index (Phi) is 9.87. The Morgan fingerprint density at radius 2 is 1.18 bits per heavy atom. The van der Waals surface area contributed by atoms with E-state index in [-0.39, 0.29) is 30.2 Å². The Morgan fingerprint density at radius 1 is 0.600 bits per heavy atom. The molecule has 0 nitrogen and oxygen atoms in total. The molecule has 0 saturated heterocycles. The van der Waals surface area contributed by atoms with Crippen molar-refractivity contribution in [3.8, 4) is 22.3 Å². The molecule has 0 fully saturated rings. The zero-order valence-corrected chi connectivity index (χ0v) is 30.9. The topological polar surface area (TPSA) is 0 Å². The number of benzene rings is 5. The molecule has 0 spiro atoms. The van der Waals surface area contributed by atoms with Crippen molar-refractivity contribution in [3.63, 3.8) is 0 Å². The summed E-state index contributed by atoms with van der Waals surface area (Å²) >= 11 is -0.965. The maximum absolute atomic E-state index is 2.57. The molecule has 0 aromatic heterocycles. The molecule has 3 heteroatoms. The second-order valence-corrected chi connectivity index (χ2v) is 17.3. The Labute approximate surface area is 293 Å². The van der Waals surface area contributed by atoms with Crippen molar-refractivity contribution in [1.82, 2.24) is 0 Å². The molecule has 0 N–H and O–H groups in total. The summed E-state index contributed by atoms with van der Waals surface area (Å²) in [6, 6.07) is 39.0. The Balaban J connectivity index is 0.00000200. The third kappa shape index (κ3) is 6.10. The van der Waals surface area contributed by atoms with Gasteiger partial charge in [-0.1, -0.05) is 0 Å². The Hall–Kier alpha value is -2.70. The van der Waals surface area contributed by atoms with E-state index in [0.717, 1.165) is 0 Å². The normalized spacial score (nSPS) is 16.7. The van der Waals surface area contributed by atoms with Gasteiger partial charge in [-0.05, 0) is 0 Å². The first-order valence-corrected chi connectivity index (χ1v) is 18.5. The van der Waals surface area contributed by atoms with Gasteiger partial charge in [0.25, 0.3) is 0 Å². The average molecular weight is 707 g/mol. The summed E-state index contributed by atoms with van der Waals surface area (Å²) in [5, 5.41) is 2.65. The Morgan fingerprint density at radius 3 is 1.87 bits per heavy atom. The van der Waals surface area contributed by atoms with Crippen LogP contribution in [0.4, 0.5) is 0 Å². The largest absolute Gasteiger partial charge is 1.00 e. The van der Waals surface area contributed by atoms with Gasteiger partial charge in [-0.15, -0.1) is 0 Å². The third-order valence-corrected chi connectivity index (χ3v) is 14.6. The van der Waals surface area contributed by atoms with E-state index in [1.807, 2.05) is 0 Å². The molecule has 226 valence electrons. The summed E-state index contributed by atoms with van der Waals surface area (Å²) in [6.07, 6.45) is 5.08. The first kappa shape index (κ1) is 33.7. The van der Waals surface area contributed by atoms with E-state index < -0.39 is 23.2 Å². The summed E-state index contributed by atoms with van der Waals surface area (Å²) in [4.78, 5) is 0.